The minimum Gasteiger partial charge on any atom is -0.497 e. The van der Waals surface area contributed by atoms with E-state index in [9.17, 15) is 15.2 Å². The Labute approximate surface area is 163 Å². The molecule has 0 aliphatic carbocycles. The summed E-state index contributed by atoms with van der Waals surface area (Å²) in [5.41, 5.74) is 4.17. The Bertz CT molecular complexity index is 1070. The highest BCUT2D eigenvalue weighted by Gasteiger charge is 2.15. The van der Waals surface area contributed by atoms with Crippen molar-refractivity contribution in [3.05, 3.63) is 59.2 Å². The fraction of sp³-hybridized carbons (Fsp3) is 0.217. The number of methoxy groups -OCH3 is 1. The van der Waals surface area contributed by atoms with E-state index in [0.29, 0.717) is 5.56 Å². The molecule has 0 radical (unpaired) electrons. The number of nitriles is 1. The number of carbonyl (C=O) groups is 1. The monoisotopic (exact) mass is 374 g/mol. The van der Waals surface area contributed by atoms with Gasteiger partial charge in [0.1, 0.15) is 17.4 Å². The molecule has 3 rings (SSSR count). The van der Waals surface area contributed by atoms with Crippen molar-refractivity contribution >= 4 is 22.9 Å². The Kier molecular flexibility index (Phi) is 5.81. The molecular weight excluding hydrogens is 352 g/mol. The van der Waals surface area contributed by atoms with Crippen molar-refractivity contribution in [2.24, 2.45) is 0 Å². The summed E-state index contributed by atoms with van der Waals surface area (Å²) in [4.78, 5) is 14.8. The third kappa shape index (κ3) is 3.91. The fourth-order valence-electron chi connectivity index (χ4n) is 3.22. The van der Waals surface area contributed by atoms with Gasteiger partial charge >= 0.3 is 5.97 Å². The first-order valence-electron chi connectivity index (χ1n) is 9.21. The summed E-state index contributed by atoms with van der Waals surface area (Å²) in [5, 5.41) is 19.5. The number of rotatable bonds is 7. The highest BCUT2D eigenvalue weighted by Crippen LogP contribution is 2.34. The lowest BCUT2D eigenvalue weighted by Gasteiger charge is -2.04. The number of aromatic nitrogens is 1. The lowest BCUT2D eigenvalue weighted by molar-refractivity contribution is -0.132. The number of aryl methyl sites for hydroxylation is 1. The average molecular weight is 374 g/mol. The summed E-state index contributed by atoms with van der Waals surface area (Å²) in [7, 11) is 1.61. The van der Waals surface area contributed by atoms with E-state index in [1.807, 2.05) is 30.3 Å². The van der Waals surface area contributed by atoms with Crippen molar-refractivity contribution in [2.75, 3.05) is 7.11 Å². The van der Waals surface area contributed by atoms with Crippen LogP contribution < -0.4 is 4.74 Å². The summed E-state index contributed by atoms with van der Waals surface area (Å²) in [6.45, 7) is 2.15. The number of unbranched alkanes of at least 4 members (excludes halogenated alkanes) is 1. The minimum absolute atomic E-state index is 0.297. The molecule has 142 valence electrons. The van der Waals surface area contributed by atoms with E-state index in [-0.39, 0.29) is 5.57 Å². The third-order valence-corrected chi connectivity index (χ3v) is 4.74. The largest absolute Gasteiger partial charge is 0.497 e. The van der Waals surface area contributed by atoms with Gasteiger partial charge in [-0.15, -0.1) is 0 Å². The van der Waals surface area contributed by atoms with Crippen LogP contribution in [0.4, 0.5) is 0 Å². The predicted molar refractivity (Wildman–Crippen MR) is 110 cm³/mol. The highest BCUT2D eigenvalue weighted by atomic mass is 16.5. The number of H-pyrrole nitrogens is 1. The van der Waals surface area contributed by atoms with E-state index in [2.05, 4.69) is 24.0 Å². The summed E-state index contributed by atoms with van der Waals surface area (Å²) in [6.07, 6.45) is 4.60. The number of fused-ring (bicyclic) bond motifs is 1. The fourth-order valence-corrected chi connectivity index (χ4v) is 3.22. The van der Waals surface area contributed by atoms with Crippen LogP contribution in [0.3, 0.4) is 0 Å². The van der Waals surface area contributed by atoms with E-state index < -0.39 is 5.97 Å². The van der Waals surface area contributed by atoms with E-state index >= 15 is 0 Å². The molecule has 0 unspecified atom stereocenters. The first kappa shape index (κ1) is 19.2. The molecule has 0 fully saturated rings. The van der Waals surface area contributed by atoms with E-state index in [1.54, 1.807) is 13.2 Å². The molecule has 1 heterocycles. The Hall–Kier alpha value is -3.52. The van der Waals surface area contributed by atoms with E-state index in [1.165, 1.54) is 11.6 Å². The number of nitrogens with one attached hydrogen (secondary N) is 1. The maximum absolute atomic E-state index is 11.4. The number of ether oxygens (including phenoxy) is 1. The molecule has 0 aliphatic heterocycles. The standard InChI is InChI=1S/C23H22N2O3/c1-3-4-5-15-6-11-21-19(12-15)20(13-17(14-24)23(26)27)22(25-21)16-7-9-18(28-2)10-8-16/h6-13,25H,3-5H2,1-2H3,(H,26,27)/b17-13+. The zero-order valence-electron chi connectivity index (χ0n) is 16.0. The summed E-state index contributed by atoms with van der Waals surface area (Å²) < 4.78 is 5.22. The molecule has 3 aromatic rings. The van der Waals surface area contributed by atoms with Crippen molar-refractivity contribution in [1.29, 1.82) is 5.26 Å². The van der Waals surface area contributed by atoms with Gasteiger partial charge in [0.2, 0.25) is 0 Å². The smallest absolute Gasteiger partial charge is 0.346 e. The number of carboxylic acid groups (broad SMARTS) is 1. The topological polar surface area (TPSA) is 86.1 Å². The van der Waals surface area contributed by atoms with Gasteiger partial charge in [0, 0.05) is 16.5 Å². The summed E-state index contributed by atoms with van der Waals surface area (Å²) in [6, 6.07) is 15.5. The SMILES string of the molecule is CCCCc1ccc2[nH]c(-c3ccc(OC)cc3)c(/C=C(\C#N)C(=O)O)c2c1. The second-order valence-electron chi connectivity index (χ2n) is 6.60. The molecule has 0 aliphatic rings. The molecule has 0 saturated carbocycles. The number of benzene rings is 2. The van der Waals surface area contributed by atoms with Gasteiger partial charge in [0.15, 0.2) is 0 Å². The molecule has 0 bridgehead atoms. The molecular formula is C23H22N2O3. The van der Waals surface area contributed by atoms with Gasteiger partial charge < -0.3 is 14.8 Å². The zero-order valence-corrected chi connectivity index (χ0v) is 16.0. The van der Waals surface area contributed by atoms with Crippen LogP contribution in [0, 0.1) is 11.3 Å². The Balaban J connectivity index is 2.22. The number of aromatic amines is 1. The molecule has 2 N–H and O–H groups in total. The Morgan fingerprint density at radius 3 is 2.61 bits per heavy atom. The van der Waals surface area contributed by atoms with Crippen molar-refractivity contribution in [2.45, 2.75) is 26.2 Å². The minimum atomic E-state index is -1.24. The van der Waals surface area contributed by atoms with Gasteiger partial charge in [-0.05, 0) is 66.4 Å². The lowest BCUT2D eigenvalue weighted by atomic mass is 10.00. The molecule has 5 heteroatoms. The molecule has 0 amide bonds. The number of aliphatic carboxylic acids is 1. The van der Waals surface area contributed by atoms with Crippen LogP contribution >= 0.6 is 0 Å². The molecule has 1 aromatic heterocycles. The average Bonchev–Trinajstić information content (AvgIpc) is 3.07. The Morgan fingerprint density at radius 2 is 2.00 bits per heavy atom. The molecule has 28 heavy (non-hydrogen) atoms. The van der Waals surface area contributed by atoms with Crippen LogP contribution in [0.1, 0.15) is 30.9 Å². The summed E-state index contributed by atoms with van der Waals surface area (Å²) >= 11 is 0. The first-order chi connectivity index (χ1) is 13.6. The van der Waals surface area contributed by atoms with Crippen molar-refractivity contribution < 1.29 is 14.6 Å². The molecule has 2 aromatic carbocycles. The molecule has 0 saturated heterocycles. The lowest BCUT2D eigenvalue weighted by Crippen LogP contribution is -1.97. The van der Waals surface area contributed by atoms with Crippen LogP contribution in [-0.4, -0.2) is 23.2 Å². The second kappa shape index (κ2) is 8.45. The van der Waals surface area contributed by atoms with Gasteiger partial charge in [-0.25, -0.2) is 4.79 Å². The predicted octanol–water partition coefficient (Wildman–Crippen LogP) is 5.18. The maximum Gasteiger partial charge on any atom is 0.346 e. The number of carboxylic acids is 1. The van der Waals surface area contributed by atoms with Crippen molar-refractivity contribution in [3.8, 4) is 23.1 Å². The van der Waals surface area contributed by atoms with Crippen LogP contribution in [0.15, 0.2) is 48.0 Å². The van der Waals surface area contributed by atoms with Gasteiger partial charge in [0.25, 0.3) is 0 Å². The third-order valence-electron chi connectivity index (χ3n) is 4.74. The van der Waals surface area contributed by atoms with Crippen LogP contribution in [0.5, 0.6) is 5.75 Å². The van der Waals surface area contributed by atoms with Gasteiger partial charge in [-0.1, -0.05) is 19.4 Å². The number of nitrogens with zero attached hydrogens (tertiary/aromatic N) is 1. The molecule has 5 nitrogen and oxygen atoms in total. The molecule has 0 atom stereocenters. The van der Waals surface area contributed by atoms with Gasteiger partial charge in [-0.2, -0.15) is 5.26 Å². The maximum atomic E-state index is 11.4. The first-order valence-corrected chi connectivity index (χ1v) is 9.21. The normalized spacial score (nSPS) is 11.4. The van der Waals surface area contributed by atoms with Crippen molar-refractivity contribution in [3.63, 3.8) is 0 Å². The Morgan fingerprint density at radius 1 is 1.25 bits per heavy atom. The number of hydrogen-bond acceptors (Lipinski definition) is 3. The van der Waals surface area contributed by atoms with E-state index in [0.717, 1.165) is 47.2 Å². The van der Waals surface area contributed by atoms with Gasteiger partial charge in [-0.3, -0.25) is 0 Å². The zero-order chi connectivity index (χ0) is 20.1. The highest BCUT2D eigenvalue weighted by molar-refractivity contribution is 6.03. The van der Waals surface area contributed by atoms with Crippen LogP contribution in [0.2, 0.25) is 0 Å². The molecule has 0 spiro atoms. The van der Waals surface area contributed by atoms with E-state index in [4.69, 9.17) is 4.74 Å². The van der Waals surface area contributed by atoms with Crippen LogP contribution in [-0.2, 0) is 11.2 Å². The van der Waals surface area contributed by atoms with Crippen molar-refractivity contribution in [1.82, 2.24) is 4.98 Å². The second-order valence-corrected chi connectivity index (χ2v) is 6.60. The van der Waals surface area contributed by atoms with Crippen LogP contribution in [0.25, 0.3) is 28.2 Å². The quantitative estimate of drug-likeness (QED) is 0.441. The number of hydrogen-bond donors (Lipinski definition) is 2. The van der Waals surface area contributed by atoms with Gasteiger partial charge in [0.05, 0.1) is 12.8 Å². The summed E-state index contributed by atoms with van der Waals surface area (Å²) in [5.74, 6) is -0.498.